The van der Waals surface area contributed by atoms with Gasteiger partial charge in [-0.2, -0.15) is 0 Å². The quantitative estimate of drug-likeness (QED) is 0.839. The summed E-state index contributed by atoms with van der Waals surface area (Å²) in [4.78, 5) is 0. The van der Waals surface area contributed by atoms with Crippen molar-refractivity contribution in [2.24, 2.45) is 5.73 Å². The Morgan fingerprint density at radius 1 is 1.06 bits per heavy atom. The van der Waals surface area contributed by atoms with Gasteiger partial charge < -0.3 is 5.73 Å². The molecule has 0 aliphatic rings. The minimum absolute atomic E-state index is 0.252. The molecular formula is C15H16FN. The predicted octanol–water partition coefficient (Wildman–Crippen LogP) is 3.36. The summed E-state index contributed by atoms with van der Waals surface area (Å²) in [6.07, 6.45) is 0. The smallest absolute Gasteiger partial charge is 0.123 e. The summed E-state index contributed by atoms with van der Waals surface area (Å²) in [6.45, 7) is 3.85. The Morgan fingerprint density at radius 2 is 1.71 bits per heavy atom. The van der Waals surface area contributed by atoms with E-state index in [0.29, 0.717) is 0 Å². The zero-order valence-corrected chi connectivity index (χ0v) is 10.1. The molecule has 0 radical (unpaired) electrons. The first-order valence-corrected chi connectivity index (χ1v) is 5.63. The second-order valence-corrected chi connectivity index (χ2v) is 4.53. The maximum Gasteiger partial charge on any atom is 0.123 e. The third kappa shape index (κ3) is 2.22. The fourth-order valence-electron chi connectivity index (χ4n) is 2.09. The van der Waals surface area contributed by atoms with E-state index in [1.54, 1.807) is 6.07 Å². The molecule has 0 aliphatic carbocycles. The van der Waals surface area contributed by atoms with Gasteiger partial charge in [0.25, 0.3) is 0 Å². The highest BCUT2D eigenvalue weighted by Gasteiger charge is 2.25. The summed E-state index contributed by atoms with van der Waals surface area (Å²) >= 11 is 0. The summed E-state index contributed by atoms with van der Waals surface area (Å²) in [5, 5.41) is 0. The van der Waals surface area contributed by atoms with E-state index in [2.05, 4.69) is 0 Å². The molecule has 0 saturated carbocycles. The van der Waals surface area contributed by atoms with E-state index in [0.717, 1.165) is 16.7 Å². The van der Waals surface area contributed by atoms with Crippen LogP contribution in [0.15, 0.2) is 48.5 Å². The number of benzene rings is 2. The van der Waals surface area contributed by atoms with Crippen molar-refractivity contribution in [1.29, 1.82) is 0 Å². The van der Waals surface area contributed by atoms with Crippen LogP contribution in [0, 0.1) is 12.7 Å². The summed E-state index contributed by atoms with van der Waals surface area (Å²) < 4.78 is 13.3. The Bertz CT molecular complexity index is 518. The van der Waals surface area contributed by atoms with Crippen LogP contribution in [0.4, 0.5) is 4.39 Å². The van der Waals surface area contributed by atoms with Crippen molar-refractivity contribution in [2.75, 3.05) is 0 Å². The number of hydrogen-bond donors (Lipinski definition) is 1. The lowest BCUT2D eigenvalue weighted by Gasteiger charge is -2.27. The summed E-state index contributed by atoms with van der Waals surface area (Å²) in [5.74, 6) is -0.252. The van der Waals surface area contributed by atoms with E-state index >= 15 is 0 Å². The first-order chi connectivity index (χ1) is 8.01. The lowest BCUT2D eigenvalue weighted by molar-refractivity contribution is 0.578. The van der Waals surface area contributed by atoms with Gasteiger partial charge in [0.2, 0.25) is 0 Å². The minimum atomic E-state index is -0.673. The van der Waals surface area contributed by atoms with Crippen LogP contribution < -0.4 is 5.73 Å². The first-order valence-electron chi connectivity index (χ1n) is 5.63. The molecule has 0 bridgehead atoms. The highest BCUT2D eigenvalue weighted by molar-refractivity contribution is 5.41. The molecule has 0 aromatic heterocycles. The van der Waals surface area contributed by atoms with E-state index in [9.17, 15) is 4.39 Å². The van der Waals surface area contributed by atoms with E-state index in [1.807, 2.05) is 44.2 Å². The Hall–Kier alpha value is -1.67. The van der Waals surface area contributed by atoms with Crippen LogP contribution in [0.25, 0.3) is 0 Å². The number of nitrogens with two attached hydrogens (primary N) is 1. The van der Waals surface area contributed by atoms with E-state index in [1.165, 1.54) is 12.1 Å². The summed E-state index contributed by atoms with van der Waals surface area (Å²) in [5.41, 5.74) is 8.49. The molecule has 2 N–H and O–H groups in total. The van der Waals surface area contributed by atoms with Crippen molar-refractivity contribution in [3.05, 3.63) is 71.0 Å². The van der Waals surface area contributed by atoms with Gasteiger partial charge >= 0.3 is 0 Å². The van der Waals surface area contributed by atoms with Gasteiger partial charge in [-0.05, 0) is 42.7 Å². The molecular weight excluding hydrogens is 213 g/mol. The van der Waals surface area contributed by atoms with Crippen molar-refractivity contribution in [2.45, 2.75) is 19.4 Å². The normalized spacial score (nSPS) is 14.4. The maximum absolute atomic E-state index is 13.3. The van der Waals surface area contributed by atoms with Gasteiger partial charge in [-0.3, -0.25) is 0 Å². The third-order valence-corrected chi connectivity index (χ3v) is 3.13. The molecule has 2 rings (SSSR count). The average molecular weight is 229 g/mol. The largest absolute Gasteiger partial charge is 0.318 e. The van der Waals surface area contributed by atoms with Gasteiger partial charge in [-0.25, -0.2) is 4.39 Å². The van der Waals surface area contributed by atoms with Crippen molar-refractivity contribution in [3.63, 3.8) is 0 Å². The van der Waals surface area contributed by atoms with Crippen LogP contribution in [-0.2, 0) is 5.54 Å². The van der Waals surface area contributed by atoms with Gasteiger partial charge in [0, 0.05) is 0 Å². The maximum atomic E-state index is 13.3. The van der Waals surface area contributed by atoms with E-state index in [-0.39, 0.29) is 5.82 Å². The van der Waals surface area contributed by atoms with Gasteiger partial charge in [0.1, 0.15) is 5.82 Å². The molecule has 0 fully saturated rings. The summed E-state index contributed by atoms with van der Waals surface area (Å²) in [7, 11) is 0. The highest BCUT2D eigenvalue weighted by atomic mass is 19.1. The molecule has 1 nitrogen and oxygen atoms in total. The molecule has 0 saturated heterocycles. The Labute approximate surface area is 101 Å². The SMILES string of the molecule is Cc1ccc(F)cc1C(C)(N)c1ccccc1. The average Bonchev–Trinajstić information content (AvgIpc) is 2.33. The van der Waals surface area contributed by atoms with E-state index < -0.39 is 5.54 Å². The van der Waals surface area contributed by atoms with Gasteiger partial charge in [-0.15, -0.1) is 0 Å². The topological polar surface area (TPSA) is 26.0 Å². The van der Waals surface area contributed by atoms with Crippen molar-refractivity contribution in [1.82, 2.24) is 0 Å². The summed E-state index contributed by atoms with van der Waals surface area (Å²) in [6, 6.07) is 14.5. The Kier molecular flexibility index (Phi) is 2.99. The molecule has 2 aromatic rings. The standard InChI is InChI=1S/C15H16FN/c1-11-8-9-13(16)10-14(11)15(2,17)12-6-4-3-5-7-12/h3-10H,17H2,1-2H3. The Morgan fingerprint density at radius 3 is 2.35 bits per heavy atom. The number of aryl methyl sites for hydroxylation is 1. The zero-order chi connectivity index (χ0) is 12.5. The fraction of sp³-hybridized carbons (Fsp3) is 0.200. The van der Waals surface area contributed by atoms with Crippen LogP contribution >= 0.6 is 0 Å². The second kappa shape index (κ2) is 4.30. The molecule has 0 amide bonds. The Balaban J connectivity index is 2.55. The molecule has 2 heteroatoms. The first kappa shape index (κ1) is 11.8. The minimum Gasteiger partial charge on any atom is -0.318 e. The molecule has 0 aliphatic heterocycles. The molecule has 17 heavy (non-hydrogen) atoms. The fourth-order valence-corrected chi connectivity index (χ4v) is 2.09. The lowest BCUT2D eigenvalue weighted by Crippen LogP contribution is -2.35. The van der Waals surface area contributed by atoms with Crippen LogP contribution in [0.5, 0.6) is 0 Å². The molecule has 1 unspecified atom stereocenters. The molecule has 88 valence electrons. The van der Waals surface area contributed by atoms with Crippen LogP contribution in [0.1, 0.15) is 23.6 Å². The second-order valence-electron chi connectivity index (χ2n) is 4.53. The zero-order valence-electron chi connectivity index (χ0n) is 10.1. The van der Waals surface area contributed by atoms with Gasteiger partial charge in [0.05, 0.1) is 5.54 Å². The van der Waals surface area contributed by atoms with Crippen LogP contribution in [0.3, 0.4) is 0 Å². The highest BCUT2D eigenvalue weighted by Crippen LogP contribution is 2.29. The molecule has 0 spiro atoms. The van der Waals surface area contributed by atoms with Crippen LogP contribution in [-0.4, -0.2) is 0 Å². The van der Waals surface area contributed by atoms with Crippen molar-refractivity contribution < 1.29 is 4.39 Å². The van der Waals surface area contributed by atoms with Crippen molar-refractivity contribution >= 4 is 0 Å². The number of halogens is 1. The predicted molar refractivity (Wildman–Crippen MR) is 68.2 cm³/mol. The number of hydrogen-bond acceptors (Lipinski definition) is 1. The van der Waals surface area contributed by atoms with Crippen LogP contribution in [0.2, 0.25) is 0 Å². The van der Waals surface area contributed by atoms with Gasteiger partial charge in [-0.1, -0.05) is 36.4 Å². The van der Waals surface area contributed by atoms with E-state index in [4.69, 9.17) is 5.73 Å². The third-order valence-electron chi connectivity index (χ3n) is 3.13. The number of rotatable bonds is 2. The molecule has 1 atom stereocenters. The van der Waals surface area contributed by atoms with Gasteiger partial charge in [0.15, 0.2) is 0 Å². The molecule has 2 aromatic carbocycles. The monoisotopic (exact) mass is 229 g/mol. The lowest BCUT2D eigenvalue weighted by atomic mass is 9.83. The molecule has 0 heterocycles. The van der Waals surface area contributed by atoms with Crippen molar-refractivity contribution in [3.8, 4) is 0 Å².